The average Bonchev–Trinajstić information content (AvgIpc) is 2.94. The van der Waals surface area contributed by atoms with Crippen LogP contribution in [0, 0.1) is 40.4 Å². The van der Waals surface area contributed by atoms with Crippen LogP contribution >= 0.6 is 0 Å². The summed E-state index contributed by atoms with van der Waals surface area (Å²) in [5.74, 6) is 3.40. The number of piperidine rings is 1. The molecule has 8 atom stereocenters. The number of hydrogen-bond donors (Lipinski definition) is 1. The van der Waals surface area contributed by atoms with E-state index in [-0.39, 0.29) is 23.8 Å². The van der Waals surface area contributed by atoms with Crippen molar-refractivity contribution in [3.8, 4) is 0 Å². The van der Waals surface area contributed by atoms with Gasteiger partial charge in [-0.3, -0.25) is 4.79 Å². The number of hydrogen-bond acceptors (Lipinski definition) is 2. The summed E-state index contributed by atoms with van der Waals surface area (Å²) < 4.78 is 0. The fraction of sp³-hybridized carbons (Fsp3) is 0.955. The first-order valence-electron chi connectivity index (χ1n) is 10.7. The Kier molecular flexibility index (Phi) is 4.26. The van der Waals surface area contributed by atoms with Crippen LogP contribution in [0.4, 0.5) is 0 Å². The minimum atomic E-state index is -0.176. The number of aliphatic hydroxyl groups is 1. The minimum absolute atomic E-state index is 0.0158. The van der Waals surface area contributed by atoms with E-state index in [0.717, 1.165) is 30.1 Å². The monoisotopic (exact) mass is 347 g/mol. The highest BCUT2D eigenvalue weighted by molar-refractivity contribution is 5.80. The highest BCUT2D eigenvalue weighted by Crippen LogP contribution is 2.66. The lowest BCUT2D eigenvalue weighted by Gasteiger charge is -2.62. The Morgan fingerprint density at radius 2 is 1.80 bits per heavy atom. The van der Waals surface area contributed by atoms with Crippen molar-refractivity contribution in [2.75, 3.05) is 13.7 Å². The number of nitrogens with zero attached hydrogens (tertiary/aromatic N) is 1. The molecule has 1 aliphatic heterocycles. The quantitative estimate of drug-likeness (QED) is 0.817. The maximum absolute atomic E-state index is 12.6. The smallest absolute Gasteiger partial charge is 0.228 e. The average molecular weight is 348 g/mol. The predicted molar refractivity (Wildman–Crippen MR) is 99.9 cm³/mol. The van der Waals surface area contributed by atoms with Crippen LogP contribution < -0.4 is 0 Å². The molecule has 0 aromatic heterocycles. The third kappa shape index (κ3) is 2.30. The largest absolute Gasteiger partial charge is 0.396 e. The summed E-state index contributed by atoms with van der Waals surface area (Å²) in [4.78, 5) is 14.6. The zero-order chi connectivity index (χ0) is 18.0. The number of amides is 1. The van der Waals surface area contributed by atoms with Crippen molar-refractivity contribution in [2.24, 2.45) is 40.4 Å². The molecule has 0 spiro atoms. The van der Waals surface area contributed by atoms with Gasteiger partial charge in [0.2, 0.25) is 5.91 Å². The van der Waals surface area contributed by atoms with E-state index in [9.17, 15) is 9.90 Å². The Balaban J connectivity index is 1.65. The van der Waals surface area contributed by atoms with Gasteiger partial charge in [-0.15, -0.1) is 0 Å². The summed E-state index contributed by atoms with van der Waals surface area (Å²) in [6.07, 6.45) is 10.3. The standard InChI is InChI=1S/C22H37NO2/c1-5-15-6-8-17-16-7-9-19-22(3,18(16)10-11-21(15,17)2)12-14(13-24)20(25)23(19)4/h14-19,24H,5-13H2,1-4H3/t14?,15-,16-,17-,18-,19+,21+,22+/m0/s1. The Labute approximate surface area is 153 Å². The number of aliphatic hydroxyl groups excluding tert-OH is 1. The fourth-order valence-electron chi connectivity index (χ4n) is 8.34. The van der Waals surface area contributed by atoms with E-state index in [0.29, 0.717) is 11.5 Å². The van der Waals surface area contributed by atoms with E-state index < -0.39 is 0 Å². The molecule has 3 nitrogen and oxygen atoms in total. The second-order valence-electron chi connectivity index (χ2n) is 10.2. The van der Waals surface area contributed by atoms with Crippen LogP contribution in [-0.4, -0.2) is 35.6 Å². The molecule has 1 amide bonds. The van der Waals surface area contributed by atoms with Crippen LogP contribution in [0.15, 0.2) is 0 Å². The molecule has 1 saturated heterocycles. The third-order valence-corrected chi connectivity index (χ3v) is 9.58. The Hall–Kier alpha value is -0.570. The number of fused-ring (bicyclic) bond motifs is 5. The maximum atomic E-state index is 12.6. The van der Waals surface area contributed by atoms with Gasteiger partial charge in [0, 0.05) is 13.1 Å². The lowest BCUT2D eigenvalue weighted by Crippen LogP contribution is -2.63. The first kappa shape index (κ1) is 17.8. The molecule has 4 aliphatic rings. The molecule has 1 N–H and O–H groups in total. The molecule has 1 unspecified atom stereocenters. The second kappa shape index (κ2) is 5.97. The molecule has 3 saturated carbocycles. The van der Waals surface area contributed by atoms with Crippen molar-refractivity contribution in [3.63, 3.8) is 0 Å². The molecule has 1 heterocycles. The first-order chi connectivity index (χ1) is 11.9. The lowest BCUT2D eigenvalue weighted by molar-refractivity contribution is -0.169. The van der Waals surface area contributed by atoms with Gasteiger partial charge in [-0.05, 0) is 79.4 Å². The topological polar surface area (TPSA) is 40.5 Å². The maximum Gasteiger partial charge on any atom is 0.228 e. The molecule has 142 valence electrons. The zero-order valence-corrected chi connectivity index (χ0v) is 16.6. The van der Waals surface area contributed by atoms with Gasteiger partial charge in [-0.25, -0.2) is 0 Å². The van der Waals surface area contributed by atoms with Crippen molar-refractivity contribution < 1.29 is 9.90 Å². The molecule has 3 aliphatic carbocycles. The van der Waals surface area contributed by atoms with Crippen LogP contribution in [0.3, 0.4) is 0 Å². The number of carbonyl (C=O) groups is 1. The van der Waals surface area contributed by atoms with Crippen LogP contribution in [-0.2, 0) is 4.79 Å². The number of rotatable bonds is 2. The van der Waals surface area contributed by atoms with Crippen LogP contribution in [0.2, 0.25) is 0 Å². The van der Waals surface area contributed by atoms with Gasteiger partial charge in [0.1, 0.15) is 0 Å². The van der Waals surface area contributed by atoms with Gasteiger partial charge in [0.25, 0.3) is 0 Å². The van der Waals surface area contributed by atoms with E-state index in [4.69, 9.17) is 0 Å². The Bertz CT molecular complexity index is 548. The summed E-state index contributed by atoms with van der Waals surface area (Å²) >= 11 is 0. The summed E-state index contributed by atoms with van der Waals surface area (Å²) in [5.41, 5.74) is 0.760. The van der Waals surface area contributed by atoms with Crippen molar-refractivity contribution in [2.45, 2.75) is 78.2 Å². The van der Waals surface area contributed by atoms with Crippen molar-refractivity contribution in [1.82, 2.24) is 4.90 Å². The predicted octanol–water partition coefficient (Wildman–Crippen LogP) is 4.09. The summed E-state index contributed by atoms with van der Waals surface area (Å²) in [7, 11) is 1.99. The van der Waals surface area contributed by atoms with Gasteiger partial charge in [0.05, 0.1) is 12.5 Å². The van der Waals surface area contributed by atoms with E-state index >= 15 is 0 Å². The van der Waals surface area contributed by atoms with E-state index in [2.05, 4.69) is 20.8 Å². The Morgan fingerprint density at radius 3 is 2.48 bits per heavy atom. The van der Waals surface area contributed by atoms with Crippen LogP contribution in [0.5, 0.6) is 0 Å². The van der Waals surface area contributed by atoms with Crippen LogP contribution in [0.25, 0.3) is 0 Å². The summed E-state index contributed by atoms with van der Waals surface area (Å²) in [5, 5.41) is 9.79. The zero-order valence-electron chi connectivity index (χ0n) is 16.6. The summed E-state index contributed by atoms with van der Waals surface area (Å²) in [6, 6.07) is 0.386. The third-order valence-electron chi connectivity index (χ3n) is 9.58. The van der Waals surface area contributed by atoms with Gasteiger partial charge in [-0.2, -0.15) is 0 Å². The molecule has 4 fully saturated rings. The number of carbonyl (C=O) groups excluding carboxylic acids is 1. The van der Waals surface area contributed by atoms with Crippen LogP contribution in [0.1, 0.15) is 72.1 Å². The Morgan fingerprint density at radius 1 is 1.08 bits per heavy atom. The number of likely N-dealkylation sites (tertiary alicyclic amines) is 1. The van der Waals surface area contributed by atoms with Crippen molar-refractivity contribution in [1.29, 1.82) is 0 Å². The van der Waals surface area contributed by atoms with E-state index in [1.807, 2.05) is 11.9 Å². The molecule has 0 radical (unpaired) electrons. The lowest BCUT2D eigenvalue weighted by atomic mass is 9.46. The second-order valence-corrected chi connectivity index (χ2v) is 10.2. The molecule has 25 heavy (non-hydrogen) atoms. The molecule has 0 bridgehead atoms. The van der Waals surface area contributed by atoms with E-state index in [1.165, 1.54) is 44.9 Å². The highest BCUT2D eigenvalue weighted by Gasteiger charge is 2.61. The van der Waals surface area contributed by atoms with Gasteiger partial charge < -0.3 is 10.0 Å². The van der Waals surface area contributed by atoms with Gasteiger partial charge in [0.15, 0.2) is 0 Å². The van der Waals surface area contributed by atoms with Gasteiger partial charge >= 0.3 is 0 Å². The fourth-order valence-corrected chi connectivity index (χ4v) is 8.34. The van der Waals surface area contributed by atoms with Crippen molar-refractivity contribution >= 4 is 5.91 Å². The highest BCUT2D eigenvalue weighted by atomic mass is 16.3. The van der Waals surface area contributed by atoms with Crippen molar-refractivity contribution in [3.05, 3.63) is 0 Å². The minimum Gasteiger partial charge on any atom is -0.396 e. The molecule has 3 heteroatoms. The molecular formula is C22H37NO2. The summed E-state index contributed by atoms with van der Waals surface area (Å²) in [6.45, 7) is 7.45. The molecule has 0 aromatic rings. The van der Waals surface area contributed by atoms with E-state index in [1.54, 1.807) is 0 Å². The molecular weight excluding hydrogens is 310 g/mol. The SMILES string of the molecule is CC[C@H]1CC[C@H]2[C@@H]3CC[C@H]4N(C)C(=O)C(CO)C[C@]4(C)[C@H]3CC[C@]12C. The molecule has 0 aromatic carbocycles. The molecule has 4 rings (SSSR count). The van der Waals surface area contributed by atoms with Gasteiger partial charge in [-0.1, -0.05) is 27.2 Å². The first-order valence-corrected chi connectivity index (χ1v) is 10.7. The normalized spacial score (nSPS) is 52.5.